The van der Waals surface area contributed by atoms with Gasteiger partial charge in [0, 0.05) is 25.0 Å². The van der Waals surface area contributed by atoms with Gasteiger partial charge in [0.2, 0.25) is 0 Å². The van der Waals surface area contributed by atoms with Gasteiger partial charge >= 0.3 is 0 Å². The normalized spacial score (nSPS) is 13.7. The van der Waals surface area contributed by atoms with Crippen molar-refractivity contribution in [2.24, 2.45) is 4.99 Å². The van der Waals surface area contributed by atoms with Gasteiger partial charge in [-0.1, -0.05) is 48.5 Å². The summed E-state index contributed by atoms with van der Waals surface area (Å²) in [6.45, 7) is 5.75. The fourth-order valence-electron chi connectivity index (χ4n) is 3.27. The highest BCUT2D eigenvalue weighted by molar-refractivity contribution is 5.88. The lowest BCUT2D eigenvalue weighted by Crippen LogP contribution is -2.37. The summed E-state index contributed by atoms with van der Waals surface area (Å²) in [7, 11) is 0. The first-order chi connectivity index (χ1) is 12.8. The summed E-state index contributed by atoms with van der Waals surface area (Å²) in [6.07, 6.45) is 0. The molecular weight excluding hydrogens is 322 g/mol. The van der Waals surface area contributed by atoms with Crippen molar-refractivity contribution in [2.75, 3.05) is 19.6 Å². The van der Waals surface area contributed by atoms with Gasteiger partial charge in [-0.15, -0.1) is 0 Å². The summed E-state index contributed by atoms with van der Waals surface area (Å²) in [5, 5.41) is 5.74. The van der Waals surface area contributed by atoms with E-state index in [0.717, 1.165) is 49.0 Å². The van der Waals surface area contributed by atoms with Crippen LogP contribution in [0.25, 0.3) is 10.8 Å². The second-order valence-corrected chi connectivity index (χ2v) is 6.37. The van der Waals surface area contributed by atoms with E-state index >= 15 is 0 Å². The third-order valence-electron chi connectivity index (χ3n) is 4.64. The average molecular weight is 345 g/mol. The average Bonchev–Trinajstić information content (AvgIpc) is 3.15. The Morgan fingerprint density at radius 2 is 1.88 bits per heavy atom. The van der Waals surface area contributed by atoms with Gasteiger partial charge in [0.1, 0.15) is 11.5 Å². The third-order valence-corrected chi connectivity index (χ3v) is 4.64. The quantitative estimate of drug-likeness (QED) is 0.744. The van der Waals surface area contributed by atoms with Crippen molar-refractivity contribution in [1.82, 2.24) is 10.2 Å². The number of fused-ring (bicyclic) bond motifs is 1. The number of guanidine groups is 1. The van der Waals surface area contributed by atoms with Crippen molar-refractivity contribution in [3.05, 3.63) is 72.3 Å². The summed E-state index contributed by atoms with van der Waals surface area (Å²) < 4.78 is 6.18. The van der Waals surface area contributed by atoms with Crippen LogP contribution in [0.1, 0.15) is 12.5 Å². The van der Waals surface area contributed by atoms with E-state index in [4.69, 9.17) is 4.74 Å². The van der Waals surface area contributed by atoms with E-state index in [-0.39, 0.29) is 0 Å². The number of benzene rings is 3. The standard InChI is InChI=1S/C22H23N3O/c1-2-25-14-13-23-22(25)24-16-17-7-5-10-19(15-17)26-21-12-6-9-18-8-3-4-11-20(18)21/h3-12,15H,2,13-14,16H2,1H3,(H,23,24). The monoisotopic (exact) mass is 345 g/mol. The second kappa shape index (κ2) is 7.48. The van der Waals surface area contributed by atoms with Gasteiger partial charge in [-0.3, -0.25) is 4.99 Å². The Hall–Kier alpha value is -3.01. The highest BCUT2D eigenvalue weighted by Crippen LogP contribution is 2.30. The minimum atomic E-state index is 0.738. The Morgan fingerprint density at radius 1 is 1.04 bits per heavy atom. The smallest absolute Gasteiger partial charge is 0.194 e. The maximum atomic E-state index is 6.18. The Morgan fingerprint density at radius 3 is 2.81 bits per heavy atom. The molecule has 4 rings (SSSR count). The second-order valence-electron chi connectivity index (χ2n) is 6.37. The van der Waals surface area contributed by atoms with Crippen LogP contribution < -0.4 is 10.1 Å². The maximum absolute atomic E-state index is 6.18. The molecule has 132 valence electrons. The Bertz CT molecular complexity index is 930. The molecule has 26 heavy (non-hydrogen) atoms. The largest absolute Gasteiger partial charge is 0.457 e. The molecule has 0 unspecified atom stereocenters. The molecule has 0 amide bonds. The van der Waals surface area contributed by atoms with Crippen LogP contribution in [0.15, 0.2) is 71.7 Å². The number of aliphatic imine (C=N–C) groups is 1. The number of hydrogen-bond donors (Lipinski definition) is 1. The van der Waals surface area contributed by atoms with E-state index < -0.39 is 0 Å². The zero-order chi connectivity index (χ0) is 17.8. The minimum absolute atomic E-state index is 0.738. The lowest BCUT2D eigenvalue weighted by molar-refractivity contribution is 0.466. The number of hydrogen-bond acceptors (Lipinski definition) is 4. The number of ether oxygens (including phenoxy) is 1. The molecule has 0 bridgehead atoms. The molecule has 1 aliphatic rings. The van der Waals surface area contributed by atoms with Crippen LogP contribution in [0.2, 0.25) is 0 Å². The number of nitrogens with zero attached hydrogens (tertiary/aromatic N) is 2. The lowest BCUT2D eigenvalue weighted by Gasteiger charge is -2.19. The molecule has 0 saturated carbocycles. The molecule has 1 N–H and O–H groups in total. The Balaban J connectivity index is 1.49. The van der Waals surface area contributed by atoms with E-state index in [9.17, 15) is 0 Å². The molecule has 0 aliphatic carbocycles. The van der Waals surface area contributed by atoms with Gasteiger partial charge in [0.15, 0.2) is 5.96 Å². The van der Waals surface area contributed by atoms with Crippen LogP contribution in [-0.2, 0) is 6.54 Å². The van der Waals surface area contributed by atoms with Gasteiger partial charge in [-0.05, 0) is 36.1 Å². The summed E-state index contributed by atoms with van der Waals surface area (Å²) in [6, 6.07) is 22.6. The van der Waals surface area contributed by atoms with Crippen molar-refractivity contribution in [3.63, 3.8) is 0 Å². The summed E-state index contributed by atoms with van der Waals surface area (Å²) in [5.74, 6) is 2.72. The van der Waals surface area contributed by atoms with Crippen molar-refractivity contribution >= 4 is 16.7 Å². The molecule has 0 aromatic heterocycles. The zero-order valence-electron chi connectivity index (χ0n) is 15.0. The molecule has 4 nitrogen and oxygen atoms in total. The highest BCUT2D eigenvalue weighted by atomic mass is 16.5. The van der Waals surface area contributed by atoms with Crippen LogP contribution in [-0.4, -0.2) is 30.5 Å². The lowest BCUT2D eigenvalue weighted by atomic mass is 10.1. The molecule has 3 aromatic carbocycles. The van der Waals surface area contributed by atoms with Gasteiger partial charge in [-0.2, -0.15) is 0 Å². The van der Waals surface area contributed by atoms with E-state index in [2.05, 4.69) is 52.5 Å². The number of rotatable bonds is 5. The van der Waals surface area contributed by atoms with Crippen LogP contribution >= 0.6 is 0 Å². The maximum Gasteiger partial charge on any atom is 0.194 e. The van der Waals surface area contributed by atoms with Gasteiger partial charge in [0.05, 0.1) is 6.54 Å². The van der Waals surface area contributed by atoms with Crippen LogP contribution in [0.3, 0.4) is 0 Å². The minimum Gasteiger partial charge on any atom is -0.457 e. The van der Waals surface area contributed by atoms with Crippen LogP contribution in [0.4, 0.5) is 0 Å². The van der Waals surface area contributed by atoms with Crippen LogP contribution in [0, 0.1) is 0 Å². The van der Waals surface area contributed by atoms with Gasteiger partial charge in [-0.25, -0.2) is 0 Å². The molecule has 0 atom stereocenters. The summed E-state index contributed by atoms with van der Waals surface area (Å²) in [5.41, 5.74) is 1.17. The van der Waals surface area contributed by atoms with E-state index in [1.165, 1.54) is 10.9 Å². The fourth-order valence-corrected chi connectivity index (χ4v) is 3.27. The summed E-state index contributed by atoms with van der Waals surface area (Å²) in [4.78, 5) is 6.79. The van der Waals surface area contributed by atoms with Crippen LogP contribution in [0.5, 0.6) is 11.5 Å². The SMILES string of the molecule is CCN1CCN=C1NCc1cccc(Oc2cccc3ccccc23)c1. The van der Waals surface area contributed by atoms with E-state index in [1.54, 1.807) is 0 Å². The van der Waals surface area contributed by atoms with E-state index in [0.29, 0.717) is 0 Å². The molecule has 0 radical (unpaired) electrons. The van der Waals surface area contributed by atoms with Crippen molar-refractivity contribution in [2.45, 2.75) is 13.5 Å². The number of nitrogens with one attached hydrogen (secondary N) is 1. The predicted molar refractivity (Wildman–Crippen MR) is 107 cm³/mol. The van der Waals surface area contributed by atoms with Gasteiger partial charge < -0.3 is 15.0 Å². The molecular formula is C22H23N3O. The van der Waals surface area contributed by atoms with E-state index in [1.807, 2.05) is 36.4 Å². The first-order valence-corrected chi connectivity index (χ1v) is 9.11. The third kappa shape index (κ3) is 3.49. The van der Waals surface area contributed by atoms with Crippen molar-refractivity contribution in [3.8, 4) is 11.5 Å². The Kier molecular flexibility index (Phi) is 4.73. The summed E-state index contributed by atoms with van der Waals surface area (Å²) >= 11 is 0. The first kappa shape index (κ1) is 16.5. The zero-order valence-corrected chi connectivity index (χ0v) is 15.0. The first-order valence-electron chi connectivity index (χ1n) is 9.11. The number of likely N-dealkylation sites (N-methyl/N-ethyl adjacent to an activating group) is 1. The van der Waals surface area contributed by atoms with Crippen molar-refractivity contribution in [1.29, 1.82) is 0 Å². The molecule has 1 aliphatic heterocycles. The molecule has 4 heteroatoms. The van der Waals surface area contributed by atoms with Crippen molar-refractivity contribution < 1.29 is 4.74 Å². The Labute approximate surface area is 154 Å². The molecule has 1 heterocycles. The molecule has 0 fully saturated rings. The molecule has 3 aromatic rings. The predicted octanol–water partition coefficient (Wildman–Crippen LogP) is 4.41. The molecule has 0 saturated heterocycles. The topological polar surface area (TPSA) is 36.9 Å². The molecule has 0 spiro atoms. The fraction of sp³-hybridized carbons (Fsp3) is 0.227. The van der Waals surface area contributed by atoms with Gasteiger partial charge in [0.25, 0.3) is 0 Å². The highest BCUT2D eigenvalue weighted by Gasteiger charge is 2.14.